The van der Waals surface area contributed by atoms with Crippen LogP contribution in [0.2, 0.25) is 0 Å². The molecule has 0 aliphatic rings. The van der Waals surface area contributed by atoms with Crippen LogP contribution in [-0.2, 0) is 9.53 Å². The SMILES string of the molecule is CN=C(NCC(=O)NC(C)(C)C)NCC(NC(=O)OC(C)(C)C)C(C)C.I. The number of nitrogens with zero attached hydrogens (tertiary/aromatic N) is 1. The average Bonchev–Trinajstić information content (AvgIpc) is 2.41. The Hall–Kier alpha value is -1.26. The summed E-state index contributed by atoms with van der Waals surface area (Å²) in [6.45, 7) is 15.8. The van der Waals surface area contributed by atoms with Crippen LogP contribution in [0.15, 0.2) is 4.99 Å². The van der Waals surface area contributed by atoms with Crippen LogP contribution < -0.4 is 21.3 Å². The summed E-state index contributed by atoms with van der Waals surface area (Å²) in [6, 6.07) is -0.146. The molecule has 0 aliphatic carbocycles. The van der Waals surface area contributed by atoms with Crippen molar-refractivity contribution >= 4 is 41.9 Å². The molecular weight excluding hydrogens is 461 g/mol. The summed E-state index contributed by atoms with van der Waals surface area (Å²) in [6.07, 6.45) is -0.453. The van der Waals surface area contributed by atoms with Crippen LogP contribution in [0.4, 0.5) is 4.79 Å². The van der Waals surface area contributed by atoms with E-state index in [1.165, 1.54) is 0 Å². The molecule has 0 aromatic carbocycles. The number of rotatable bonds is 6. The third-order valence-electron chi connectivity index (χ3n) is 3.15. The largest absolute Gasteiger partial charge is 0.444 e. The van der Waals surface area contributed by atoms with Crippen LogP contribution >= 0.6 is 24.0 Å². The van der Waals surface area contributed by atoms with Gasteiger partial charge in [0, 0.05) is 19.1 Å². The Morgan fingerprint density at radius 1 is 1.04 bits per heavy atom. The first-order valence-corrected chi connectivity index (χ1v) is 8.98. The molecule has 1 unspecified atom stereocenters. The summed E-state index contributed by atoms with van der Waals surface area (Å²) < 4.78 is 5.30. The molecule has 0 saturated carbocycles. The van der Waals surface area contributed by atoms with Crippen molar-refractivity contribution in [2.24, 2.45) is 10.9 Å². The Balaban J connectivity index is 0. The molecule has 9 heteroatoms. The van der Waals surface area contributed by atoms with Gasteiger partial charge in [-0.15, -0.1) is 24.0 Å². The van der Waals surface area contributed by atoms with Gasteiger partial charge in [-0.3, -0.25) is 9.79 Å². The minimum atomic E-state index is -0.545. The van der Waals surface area contributed by atoms with Gasteiger partial charge >= 0.3 is 6.09 Å². The predicted octanol–water partition coefficient (Wildman–Crippen LogP) is 2.23. The fourth-order valence-electron chi connectivity index (χ4n) is 1.97. The molecule has 8 nitrogen and oxygen atoms in total. The van der Waals surface area contributed by atoms with Gasteiger partial charge in [0.1, 0.15) is 5.60 Å². The summed E-state index contributed by atoms with van der Waals surface area (Å²) in [5, 5.41) is 11.8. The molecule has 0 rings (SSSR count). The minimum Gasteiger partial charge on any atom is -0.444 e. The van der Waals surface area contributed by atoms with E-state index < -0.39 is 11.7 Å². The first kappa shape index (κ1) is 28.0. The van der Waals surface area contributed by atoms with Crippen LogP contribution in [-0.4, -0.2) is 55.3 Å². The molecule has 4 N–H and O–H groups in total. The van der Waals surface area contributed by atoms with Gasteiger partial charge in [-0.2, -0.15) is 0 Å². The number of alkyl carbamates (subject to hydrolysis) is 1. The van der Waals surface area contributed by atoms with Crippen molar-refractivity contribution in [3.8, 4) is 0 Å². The monoisotopic (exact) mass is 499 g/mol. The lowest BCUT2D eigenvalue weighted by atomic mass is 10.0. The standard InChI is InChI=1S/C18H37N5O3.HI/c1-12(2)13(22-16(25)26-18(6,7)8)10-20-15(19-9)21-11-14(24)23-17(3,4)5;/h12-13H,10-11H2,1-9H3,(H,22,25)(H,23,24)(H2,19,20,21);1H. The number of hydrogen-bond donors (Lipinski definition) is 4. The maximum atomic E-state index is 12.0. The average molecular weight is 499 g/mol. The van der Waals surface area contributed by atoms with Crippen molar-refractivity contribution in [1.82, 2.24) is 21.3 Å². The lowest BCUT2D eigenvalue weighted by Crippen LogP contribution is -2.52. The van der Waals surface area contributed by atoms with Gasteiger partial charge < -0.3 is 26.0 Å². The fraction of sp³-hybridized carbons (Fsp3) is 0.833. The third kappa shape index (κ3) is 15.5. The molecule has 0 aromatic rings. The Labute approximate surface area is 181 Å². The smallest absolute Gasteiger partial charge is 0.407 e. The topological polar surface area (TPSA) is 104 Å². The zero-order valence-corrected chi connectivity index (χ0v) is 20.5. The van der Waals surface area contributed by atoms with Crippen molar-refractivity contribution in [2.75, 3.05) is 20.1 Å². The maximum absolute atomic E-state index is 12.0. The number of nitrogens with one attached hydrogen (secondary N) is 4. The Bertz CT molecular complexity index is 496. The second kappa shape index (κ2) is 12.2. The Kier molecular flexibility index (Phi) is 12.7. The van der Waals surface area contributed by atoms with Crippen molar-refractivity contribution in [1.29, 1.82) is 0 Å². The number of amides is 2. The normalized spacial score (nSPS) is 13.3. The second-order valence-corrected chi connectivity index (χ2v) is 8.60. The molecule has 27 heavy (non-hydrogen) atoms. The van der Waals surface area contributed by atoms with Crippen LogP contribution in [0.5, 0.6) is 0 Å². The van der Waals surface area contributed by atoms with E-state index in [2.05, 4.69) is 26.3 Å². The molecule has 160 valence electrons. The molecule has 0 saturated heterocycles. The lowest BCUT2D eigenvalue weighted by Gasteiger charge is -2.26. The molecule has 0 radical (unpaired) electrons. The molecule has 1 atom stereocenters. The third-order valence-corrected chi connectivity index (χ3v) is 3.15. The highest BCUT2D eigenvalue weighted by Crippen LogP contribution is 2.08. The number of carbonyl (C=O) groups is 2. The molecule has 0 heterocycles. The first-order chi connectivity index (χ1) is 11.7. The summed E-state index contributed by atoms with van der Waals surface area (Å²) >= 11 is 0. The van der Waals surface area contributed by atoms with Gasteiger partial charge in [-0.05, 0) is 47.5 Å². The number of hydrogen-bond acceptors (Lipinski definition) is 4. The van der Waals surface area contributed by atoms with Crippen molar-refractivity contribution < 1.29 is 14.3 Å². The summed E-state index contributed by atoms with van der Waals surface area (Å²) in [7, 11) is 1.63. The quantitative estimate of drug-likeness (QED) is 0.255. The van der Waals surface area contributed by atoms with Crippen molar-refractivity contribution in [2.45, 2.75) is 72.6 Å². The van der Waals surface area contributed by atoms with Gasteiger partial charge in [0.05, 0.1) is 12.6 Å². The zero-order chi connectivity index (χ0) is 20.5. The summed E-state index contributed by atoms with van der Waals surface area (Å²) in [5.74, 6) is 0.566. The molecule has 2 amide bonds. The van der Waals surface area contributed by atoms with Crippen molar-refractivity contribution in [3.05, 3.63) is 0 Å². The van der Waals surface area contributed by atoms with Crippen LogP contribution in [0.25, 0.3) is 0 Å². The molecule has 0 bridgehead atoms. The second-order valence-electron chi connectivity index (χ2n) is 8.60. The molecule has 0 aliphatic heterocycles. The Morgan fingerprint density at radius 3 is 2.00 bits per heavy atom. The van der Waals surface area contributed by atoms with Crippen LogP contribution in [0, 0.1) is 5.92 Å². The molecule has 0 spiro atoms. The van der Waals surface area contributed by atoms with E-state index in [1.807, 2.05) is 55.4 Å². The minimum absolute atomic E-state index is 0. The lowest BCUT2D eigenvalue weighted by molar-refractivity contribution is -0.121. The highest BCUT2D eigenvalue weighted by molar-refractivity contribution is 14.0. The van der Waals surface area contributed by atoms with Gasteiger partial charge in [-0.1, -0.05) is 13.8 Å². The van der Waals surface area contributed by atoms with E-state index in [-0.39, 0.29) is 53.9 Å². The van der Waals surface area contributed by atoms with Gasteiger partial charge in [0.2, 0.25) is 5.91 Å². The number of carbonyl (C=O) groups excluding carboxylic acids is 2. The summed E-state index contributed by atoms with van der Waals surface area (Å²) in [4.78, 5) is 27.9. The first-order valence-electron chi connectivity index (χ1n) is 8.98. The van der Waals surface area contributed by atoms with Crippen LogP contribution in [0.1, 0.15) is 55.4 Å². The highest BCUT2D eigenvalue weighted by Gasteiger charge is 2.22. The molecule has 0 aromatic heterocycles. The zero-order valence-electron chi connectivity index (χ0n) is 18.1. The van der Waals surface area contributed by atoms with Gasteiger partial charge in [0.25, 0.3) is 0 Å². The van der Waals surface area contributed by atoms with Gasteiger partial charge in [0.15, 0.2) is 5.96 Å². The number of halogens is 1. The predicted molar refractivity (Wildman–Crippen MR) is 121 cm³/mol. The van der Waals surface area contributed by atoms with Crippen LogP contribution in [0.3, 0.4) is 0 Å². The number of ether oxygens (including phenoxy) is 1. The van der Waals surface area contributed by atoms with E-state index in [0.717, 1.165) is 0 Å². The summed E-state index contributed by atoms with van der Waals surface area (Å²) in [5.41, 5.74) is -0.827. The highest BCUT2D eigenvalue weighted by atomic mass is 127. The maximum Gasteiger partial charge on any atom is 0.407 e. The Morgan fingerprint density at radius 2 is 1.59 bits per heavy atom. The number of guanidine groups is 1. The fourth-order valence-corrected chi connectivity index (χ4v) is 1.97. The van der Waals surface area contributed by atoms with E-state index in [9.17, 15) is 9.59 Å². The van der Waals surface area contributed by atoms with Crippen molar-refractivity contribution in [3.63, 3.8) is 0 Å². The van der Waals surface area contributed by atoms with E-state index in [4.69, 9.17) is 4.74 Å². The molecular formula is C18H38IN5O3. The van der Waals surface area contributed by atoms with E-state index in [0.29, 0.717) is 12.5 Å². The number of aliphatic imine (C=N–C) groups is 1. The van der Waals surface area contributed by atoms with E-state index in [1.54, 1.807) is 7.05 Å². The van der Waals surface area contributed by atoms with Gasteiger partial charge in [-0.25, -0.2) is 4.79 Å². The molecule has 0 fully saturated rings. The van der Waals surface area contributed by atoms with E-state index >= 15 is 0 Å².